The number of rotatable bonds is 5. The number of amides is 3. The van der Waals surface area contributed by atoms with Gasteiger partial charge in [-0.3, -0.25) is 4.79 Å². The number of benzene rings is 3. The van der Waals surface area contributed by atoms with Gasteiger partial charge in [0.15, 0.2) is 0 Å². The highest BCUT2D eigenvalue weighted by molar-refractivity contribution is 5.94. The summed E-state index contributed by atoms with van der Waals surface area (Å²) in [6.07, 6.45) is 0. The molecule has 6 nitrogen and oxygen atoms in total. The second-order valence-corrected chi connectivity index (χ2v) is 7.33. The topological polar surface area (TPSA) is 61.9 Å². The van der Waals surface area contributed by atoms with Crippen LogP contribution < -0.4 is 10.1 Å². The van der Waals surface area contributed by atoms with Crippen LogP contribution >= 0.6 is 0 Å². The molecular formula is C25H25N3O3. The van der Waals surface area contributed by atoms with Gasteiger partial charge < -0.3 is 19.9 Å². The summed E-state index contributed by atoms with van der Waals surface area (Å²) < 4.78 is 5.83. The van der Waals surface area contributed by atoms with Crippen LogP contribution in [0, 0.1) is 0 Å². The van der Waals surface area contributed by atoms with Crippen molar-refractivity contribution in [1.82, 2.24) is 9.80 Å². The molecule has 0 bridgehead atoms. The summed E-state index contributed by atoms with van der Waals surface area (Å²) in [5.74, 6) is 0.784. The zero-order chi connectivity index (χ0) is 21.5. The van der Waals surface area contributed by atoms with Crippen molar-refractivity contribution in [1.29, 1.82) is 0 Å². The molecule has 3 amide bonds. The Morgan fingerprint density at radius 2 is 1.32 bits per heavy atom. The largest absolute Gasteiger partial charge is 0.489 e. The number of anilines is 1. The lowest BCUT2D eigenvalue weighted by atomic mass is 10.2. The average Bonchev–Trinajstić information content (AvgIpc) is 2.84. The van der Waals surface area contributed by atoms with E-state index in [9.17, 15) is 9.59 Å². The summed E-state index contributed by atoms with van der Waals surface area (Å²) in [7, 11) is 0. The van der Waals surface area contributed by atoms with Crippen LogP contribution in [0.2, 0.25) is 0 Å². The van der Waals surface area contributed by atoms with Gasteiger partial charge in [0.25, 0.3) is 5.91 Å². The summed E-state index contributed by atoms with van der Waals surface area (Å²) in [5.41, 5.74) is 2.30. The number of carbonyl (C=O) groups is 2. The van der Waals surface area contributed by atoms with E-state index >= 15 is 0 Å². The molecule has 0 atom stereocenters. The molecule has 31 heavy (non-hydrogen) atoms. The number of carbonyl (C=O) groups excluding carboxylic acids is 2. The molecule has 3 aromatic carbocycles. The molecule has 1 heterocycles. The van der Waals surface area contributed by atoms with Crippen molar-refractivity contribution in [2.75, 3.05) is 31.5 Å². The van der Waals surface area contributed by atoms with Gasteiger partial charge in [-0.1, -0.05) is 54.6 Å². The Morgan fingerprint density at radius 3 is 2.03 bits per heavy atom. The van der Waals surface area contributed by atoms with Crippen LogP contribution in [0.1, 0.15) is 15.9 Å². The first-order valence-corrected chi connectivity index (χ1v) is 10.4. The van der Waals surface area contributed by atoms with E-state index in [1.807, 2.05) is 84.9 Å². The number of piperazine rings is 1. The molecule has 1 aliphatic heterocycles. The zero-order valence-electron chi connectivity index (χ0n) is 17.2. The molecule has 4 rings (SSSR count). The maximum atomic E-state index is 12.8. The Morgan fingerprint density at radius 1 is 0.742 bits per heavy atom. The highest BCUT2D eigenvalue weighted by Gasteiger charge is 2.25. The standard InChI is InChI=1S/C25H25N3O3/c29-24(20-9-3-1-4-10-20)27-15-17-28(18-16-27)25(30)26-23-14-8-7-11-21(23)19-31-22-12-5-2-6-13-22/h1-14H,15-19H2,(H,26,30). The smallest absolute Gasteiger partial charge is 0.321 e. The normalized spacial score (nSPS) is 13.5. The quantitative estimate of drug-likeness (QED) is 0.678. The first kappa shape index (κ1) is 20.5. The molecule has 0 aromatic heterocycles. The molecule has 0 spiro atoms. The highest BCUT2D eigenvalue weighted by Crippen LogP contribution is 2.19. The SMILES string of the molecule is O=C(Nc1ccccc1COc1ccccc1)N1CCN(C(=O)c2ccccc2)CC1. The fourth-order valence-electron chi connectivity index (χ4n) is 3.52. The number of hydrogen-bond donors (Lipinski definition) is 1. The molecule has 1 fully saturated rings. The second kappa shape index (κ2) is 9.80. The van der Waals surface area contributed by atoms with Gasteiger partial charge in [-0.05, 0) is 30.3 Å². The van der Waals surface area contributed by atoms with E-state index in [1.54, 1.807) is 9.80 Å². The Kier molecular flexibility index (Phi) is 6.47. The molecule has 0 unspecified atom stereocenters. The third-order valence-electron chi connectivity index (χ3n) is 5.27. The van der Waals surface area contributed by atoms with Crippen molar-refractivity contribution in [2.45, 2.75) is 6.61 Å². The minimum Gasteiger partial charge on any atom is -0.489 e. The number of nitrogens with one attached hydrogen (secondary N) is 1. The van der Waals surface area contributed by atoms with Crippen molar-refractivity contribution in [3.8, 4) is 5.75 Å². The summed E-state index contributed by atoms with van der Waals surface area (Å²) in [4.78, 5) is 28.9. The highest BCUT2D eigenvalue weighted by atomic mass is 16.5. The van der Waals surface area contributed by atoms with Gasteiger partial charge in [-0.25, -0.2) is 4.79 Å². The maximum absolute atomic E-state index is 12.8. The van der Waals surface area contributed by atoms with Crippen LogP contribution in [0.3, 0.4) is 0 Å². The molecule has 3 aromatic rings. The minimum atomic E-state index is -0.168. The van der Waals surface area contributed by atoms with Crippen LogP contribution in [-0.4, -0.2) is 47.9 Å². The fraction of sp³-hybridized carbons (Fsp3) is 0.200. The van der Waals surface area contributed by atoms with E-state index in [-0.39, 0.29) is 11.9 Å². The third kappa shape index (κ3) is 5.22. The number of ether oxygens (including phenoxy) is 1. The number of para-hydroxylation sites is 2. The van der Waals surface area contributed by atoms with Gasteiger partial charge >= 0.3 is 6.03 Å². The molecular weight excluding hydrogens is 390 g/mol. The lowest BCUT2D eigenvalue weighted by molar-refractivity contribution is 0.0671. The van der Waals surface area contributed by atoms with Gasteiger partial charge in [-0.15, -0.1) is 0 Å². The molecule has 1 aliphatic rings. The lowest BCUT2D eigenvalue weighted by Crippen LogP contribution is -2.51. The molecule has 0 saturated carbocycles. The van der Waals surface area contributed by atoms with Crippen LogP contribution in [0.5, 0.6) is 5.75 Å². The van der Waals surface area contributed by atoms with E-state index in [0.29, 0.717) is 38.3 Å². The number of urea groups is 1. The molecule has 1 saturated heterocycles. The van der Waals surface area contributed by atoms with E-state index in [4.69, 9.17) is 4.74 Å². The van der Waals surface area contributed by atoms with Crippen LogP contribution in [0.15, 0.2) is 84.9 Å². The van der Waals surface area contributed by atoms with Gasteiger partial charge in [0, 0.05) is 43.0 Å². The van der Waals surface area contributed by atoms with Crippen LogP contribution in [0.4, 0.5) is 10.5 Å². The molecule has 6 heteroatoms. The fourth-order valence-corrected chi connectivity index (χ4v) is 3.52. The predicted molar refractivity (Wildman–Crippen MR) is 120 cm³/mol. The van der Waals surface area contributed by atoms with Crippen molar-refractivity contribution in [2.24, 2.45) is 0 Å². The van der Waals surface area contributed by atoms with E-state index < -0.39 is 0 Å². The van der Waals surface area contributed by atoms with Crippen molar-refractivity contribution in [3.05, 3.63) is 96.1 Å². The molecule has 0 radical (unpaired) electrons. The molecule has 158 valence electrons. The first-order valence-electron chi connectivity index (χ1n) is 10.4. The zero-order valence-corrected chi connectivity index (χ0v) is 17.2. The van der Waals surface area contributed by atoms with E-state index in [1.165, 1.54) is 0 Å². The average molecular weight is 415 g/mol. The Bertz CT molecular complexity index is 1020. The van der Waals surface area contributed by atoms with Crippen molar-refractivity contribution in [3.63, 3.8) is 0 Å². The Labute approximate surface area is 182 Å². The van der Waals surface area contributed by atoms with Gasteiger partial charge in [0.05, 0.1) is 0 Å². The van der Waals surface area contributed by atoms with Gasteiger partial charge in [0.2, 0.25) is 0 Å². The van der Waals surface area contributed by atoms with Crippen molar-refractivity contribution < 1.29 is 14.3 Å². The third-order valence-corrected chi connectivity index (χ3v) is 5.27. The molecule has 0 aliphatic carbocycles. The molecule has 1 N–H and O–H groups in total. The Hall–Kier alpha value is -3.80. The Balaban J connectivity index is 1.33. The first-order chi connectivity index (χ1) is 15.2. The monoisotopic (exact) mass is 415 g/mol. The second-order valence-electron chi connectivity index (χ2n) is 7.33. The van der Waals surface area contributed by atoms with Gasteiger partial charge in [-0.2, -0.15) is 0 Å². The summed E-state index contributed by atoms with van der Waals surface area (Å²) in [6.45, 7) is 2.37. The predicted octanol–water partition coefficient (Wildman–Crippen LogP) is 4.26. The van der Waals surface area contributed by atoms with E-state index in [2.05, 4.69) is 5.32 Å². The number of hydrogen-bond acceptors (Lipinski definition) is 3. The van der Waals surface area contributed by atoms with E-state index in [0.717, 1.165) is 17.0 Å². The van der Waals surface area contributed by atoms with Crippen molar-refractivity contribution >= 4 is 17.6 Å². The maximum Gasteiger partial charge on any atom is 0.321 e. The summed E-state index contributed by atoms with van der Waals surface area (Å²) in [6, 6.07) is 26.3. The number of nitrogens with zero attached hydrogens (tertiary/aromatic N) is 2. The van der Waals surface area contributed by atoms with Crippen LogP contribution in [-0.2, 0) is 6.61 Å². The summed E-state index contributed by atoms with van der Waals surface area (Å²) in [5, 5.41) is 3.00. The lowest BCUT2D eigenvalue weighted by Gasteiger charge is -2.34. The summed E-state index contributed by atoms with van der Waals surface area (Å²) >= 11 is 0. The van der Waals surface area contributed by atoms with Gasteiger partial charge in [0.1, 0.15) is 12.4 Å². The minimum absolute atomic E-state index is 0.00376. The van der Waals surface area contributed by atoms with Crippen LogP contribution in [0.25, 0.3) is 0 Å².